The van der Waals surface area contributed by atoms with E-state index in [0.717, 1.165) is 26.1 Å². The summed E-state index contributed by atoms with van der Waals surface area (Å²) in [7, 11) is 0. The summed E-state index contributed by atoms with van der Waals surface area (Å²) in [5.41, 5.74) is 0.160. The van der Waals surface area contributed by atoms with E-state index in [2.05, 4.69) is 34.3 Å². The lowest BCUT2D eigenvalue weighted by molar-refractivity contribution is 0.0697. The van der Waals surface area contributed by atoms with Crippen molar-refractivity contribution in [3.63, 3.8) is 0 Å². The van der Waals surface area contributed by atoms with Gasteiger partial charge in [-0.05, 0) is 32.1 Å². The first kappa shape index (κ1) is 14.4. The number of hydrogen-bond donors (Lipinski definition) is 2. The fourth-order valence-electron chi connectivity index (χ4n) is 1.68. The highest BCUT2D eigenvalue weighted by molar-refractivity contribution is 5.92. The number of carbonyl (C=O) groups is 1. The van der Waals surface area contributed by atoms with Crippen LogP contribution in [0.5, 0.6) is 0 Å². The van der Waals surface area contributed by atoms with Crippen LogP contribution in [-0.4, -0.2) is 52.4 Å². The minimum atomic E-state index is -0.990. The minimum absolute atomic E-state index is 0.160. The number of anilines is 1. The van der Waals surface area contributed by atoms with Crippen molar-refractivity contribution in [3.8, 4) is 0 Å². The zero-order valence-electron chi connectivity index (χ0n) is 10.9. The van der Waals surface area contributed by atoms with Crippen molar-refractivity contribution in [1.82, 2.24) is 15.1 Å². The van der Waals surface area contributed by atoms with Crippen LogP contribution in [0.3, 0.4) is 0 Å². The van der Waals surface area contributed by atoms with Gasteiger partial charge in [-0.25, -0.2) is 4.79 Å². The van der Waals surface area contributed by atoms with E-state index in [1.807, 2.05) is 0 Å². The number of aromatic nitrogens is 2. The van der Waals surface area contributed by atoms with E-state index in [1.54, 1.807) is 0 Å². The first-order chi connectivity index (χ1) is 8.69. The predicted molar refractivity (Wildman–Crippen MR) is 69.9 cm³/mol. The van der Waals surface area contributed by atoms with Crippen LogP contribution >= 0.6 is 0 Å². The molecule has 6 heteroatoms. The smallest absolute Gasteiger partial charge is 0.339 e. The SMILES string of the molecule is CCN(CC)CCCNc1nnccc1C(=O)O. The molecule has 0 fully saturated rings. The number of aromatic carboxylic acids is 1. The summed E-state index contributed by atoms with van der Waals surface area (Å²) in [5, 5.41) is 19.5. The Bertz CT molecular complexity index is 380. The Morgan fingerprint density at radius 2 is 2.17 bits per heavy atom. The van der Waals surface area contributed by atoms with Gasteiger partial charge < -0.3 is 15.3 Å². The molecule has 100 valence electrons. The van der Waals surface area contributed by atoms with Crippen molar-refractivity contribution in [3.05, 3.63) is 17.8 Å². The molecule has 0 atom stereocenters. The van der Waals surface area contributed by atoms with Crippen LogP contribution in [0.2, 0.25) is 0 Å². The predicted octanol–water partition coefficient (Wildman–Crippen LogP) is 1.32. The van der Waals surface area contributed by atoms with Gasteiger partial charge in [-0.1, -0.05) is 13.8 Å². The lowest BCUT2D eigenvalue weighted by Crippen LogP contribution is -2.25. The van der Waals surface area contributed by atoms with Gasteiger partial charge in [0.25, 0.3) is 0 Å². The van der Waals surface area contributed by atoms with E-state index >= 15 is 0 Å². The van der Waals surface area contributed by atoms with Gasteiger partial charge in [-0.2, -0.15) is 5.10 Å². The monoisotopic (exact) mass is 252 g/mol. The van der Waals surface area contributed by atoms with E-state index in [9.17, 15) is 4.79 Å². The van der Waals surface area contributed by atoms with Gasteiger partial charge in [0.15, 0.2) is 5.82 Å². The van der Waals surface area contributed by atoms with Gasteiger partial charge in [0.1, 0.15) is 5.56 Å². The molecule has 6 nitrogen and oxygen atoms in total. The Kier molecular flexibility index (Phi) is 6.07. The lowest BCUT2D eigenvalue weighted by Gasteiger charge is -2.17. The Labute approximate surface area is 107 Å². The van der Waals surface area contributed by atoms with E-state index < -0.39 is 5.97 Å². The van der Waals surface area contributed by atoms with Crippen molar-refractivity contribution in [2.45, 2.75) is 20.3 Å². The summed E-state index contributed by atoms with van der Waals surface area (Å²) < 4.78 is 0. The topological polar surface area (TPSA) is 78.3 Å². The highest BCUT2D eigenvalue weighted by Crippen LogP contribution is 2.09. The van der Waals surface area contributed by atoms with Crippen molar-refractivity contribution < 1.29 is 9.90 Å². The van der Waals surface area contributed by atoms with E-state index in [4.69, 9.17) is 5.11 Å². The Balaban J connectivity index is 2.42. The molecule has 0 aliphatic heterocycles. The second-order valence-corrected chi connectivity index (χ2v) is 3.91. The van der Waals surface area contributed by atoms with Crippen LogP contribution in [0.4, 0.5) is 5.82 Å². The summed E-state index contributed by atoms with van der Waals surface area (Å²) in [6, 6.07) is 1.45. The maximum Gasteiger partial charge on any atom is 0.339 e. The molecule has 0 spiro atoms. The number of nitrogens with zero attached hydrogens (tertiary/aromatic N) is 3. The number of rotatable bonds is 8. The maximum atomic E-state index is 10.9. The molecule has 2 N–H and O–H groups in total. The third-order valence-electron chi connectivity index (χ3n) is 2.79. The maximum absolute atomic E-state index is 10.9. The van der Waals surface area contributed by atoms with Gasteiger partial charge in [-0.15, -0.1) is 5.10 Å². The van der Waals surface area contributed by atoms with Gasteiger partial charge in [0.2, 0.25) is 0 Å². The molecule has 0 amide bonds. The summed E-state index contributed by atoms with van der Waals surface area (Å²) in [6.45, 7) is 7.99. The molecule has 0 saturated heterocycles. The summed E-state index contributed by atoms with van der Waals surface area (Å²) >= 11 is 0. The molecule has 1 aromatic rings. The minimum Gasteiger partial charge on any atom is -0.478 e. The first-order valence-corrected chi connectivity index (χ1v) is 6.20. The van der Waals surface area contributed by atoms with E-state index in [1.165, 1.54) is 12.3 Å². The summed E-state index contributed by atoms with van der Waals surface area (Å²) in [5.74, 6) is -0.652. The number of hydrogen-bond acceptors (Lipinski definition) is 5. The molecule has 0 aromatic carbocycles. The number of carboxylic acid groups (broad SMARTS) is 1. The lowest BCUT2D eigenvalue weighted by atomic mass is 10.3. The standard InChI is InChI=1S/C12H20N4O2/c1-3-16(4-2)9-5-7-13-11-10(12(17)18)6-8-14-15-11/h6,8H,3-5,7,9H2,1-2H3,(H,13,15)(H,17,18). The van der Waals surface area contributed by atoms with E-state index in [-0.39, 0.29) is 5.56 Å². The van der Waals surface area contributed by atoms with Crippen molar-refractivity contribution in [2.24, 2.45) is 0 Å². The fraction of sp³-hybridized carbons (Fsp3) is 0.583. The molecule has 0 bridgehead atoms. The second-order valence-electron chi connectivity index (χ2n) is 3.91. The largest absolute Gasteiger partial charge is 0.478 e. The van der Waals surface area contributed by atoms with Crippen LogP contribution < -0.4 is 5.32 Å². The third kappa shape index (κ3) is 4.29. The average molecular weight is 252 g/mol. The normalized spacial score (nSPS) is 10.6. The zero-order valence-corrected chi connectivity index (χ0v) is 10.9. The van der Waals surface area contributed by atoms with Gasteiger partial charge in [-0.3, -0.25) is 0 Å². The molecule has 1 rings (SSSR count). The molecule has 0 aliphatic rings. The van der Waals surface area contributed by atoms with Crippen molar-refractivity contribution in [1.29, 1.82) is 0 Å². The van der Waals surface area contributed by atoms with Crippen LogP contribution in [-0.2, 0) is 0 Å². The fourth-order valence-corrected chi connectivity index (χ4v) is 1.68. The molecule has 1 aromatic heterocycles. The average Bonchev–Trinajstić information content (AvgIpc) is 2.39. The number of nitrogens with one attached hydrogen (secondary N) is 1. The highest BCUT2D eigenvalue weighted by Gasteiger charge is 2.10. The van der Waals surface area contributed by atoms with Crippen molar-refractivity contribution >= 4 is 11.8 Å². The number of carboxylic acids is 1. The first-order valence-electron chi connectivity index (χ1n) is 6.20. The highest BCUT2D eigenvalue weighted by atomic mass is 16.4. The van der Waals surface area contributed by atoms with Crippen LogP contribution in [0.25, 0.3) is 0 Å². The van der Waals surface area contributed by atoms with Gasteiger partial charge in [0.05, 0.1) is 6.20 Å². The second kappa shape index (κ2) is 7.60. The van der Waals surface area contributed by atoms with Crippen LogP contribution in [0.15, 0.2) is 12.3 Å². The molecule has 0 unspecified atom stereocenters. The van der Waals surface area contributed by atoms with E-state index in [0.29, 0.717) is 12.4 Å². The molecular formula is C12H20N4O2. The molecular weight excluding hydrogens is 232 g/mol. The molecule has 0 radical (unpaired) electrons. The zero-order chi connectivity index (χ0) is 13.4. The third-order valence-corrected chi connectivity index (χ3v) is 2.79. The van der Waals surface area contributed by atoms with Gasteiger partial charge in [0, 0.05) is 6.54 Å². The molecule has 0 aliphatic carbocycles. The van der Waals surface area contributed by atoms with Crippen LogP contribution in [0, 0.1) is 0 Å². The molecule has 18 heavy (non-hydrogen) atoms. The quantitative estimate of drug-likeness (QED) is 0.679. The Morgan fingerprint density at radius 3 is 2.78 bits per heavy atom. The van der Waals surface area contributed by atoms with Crippen molar-refractivity contribution in [2.75, 3.05) is 31.5 Å². The van der Waals surface area contributed by atoms with Gasteiger partial charge >= 0.3 is 5.97 Å². The summed E-state index contributed by atoms with van der Waals surface area (Å²) in [4.78, 5) is 13.3. The van der Waals surface area contributed by atoms with Crippen LogP contribution in [0.1, 0.15) is 30.6 Å². The summed E-state index contributed by atoms with van der Waals surface area (Å²) in [6.07, 6.45) is 2.32. The Morgan fingerprint density at radius 1 is 1.44 bits per heavy atom. The molecule has 1 heterocycles. The Hall–Kier alpha value is -1.69. The molecule has 0 saturated carbocycles.